The normalized spacial score (nSPS) is 23.7. The third-order valence-corrected chi connectivity index (χ3v) is 5.82. The highest BCUT2D eigenvalue weighted by molar-refractivity contribution is 5.94. The molecular weight excluding hydrogens is 347 g/mol. The van der Waals surface area contributed by atoms with Crippen LogP contribution in [-0.2, 0) is 4.79 Å². The largest absolute Gasteiger partial charge is 0.366 e. The molecule has 0 radical (unpaired) electrons. The van der Waals surface area contributed by atoms with Crippen LogP contribution in [0.3, 0.4) is 0 Å². The van der Waals surface area contributed by atoms with Gasteiger partial charge in [0.25, 0.3) is 0 Å². The molecule has 148 valence electrons. The Bertz CT molecular complexity index is 718. The van der Waals surface area contributed by atoms with Crippen LogP contribution in [0.4, 0.5) is 10.1 Å². The summed E-state index contributed by atoms with van der Waals surface area (Å²) >= 11 is 0. The number of carbonyl (C=O) groups is 2. The van der Waals surface area contributed by atoms with Crippen LogP contribution >= 0.6 is 0 Å². The molecule has 2 aliphatic rings. The standard InChI is InChI=1S/C20H29FN4O2/c1-15(26)16-3-4-18(17(21)11-16)24-7-9-25(10-8-24)19(27)12-23-6-5-20(2,13-22)14-23/h3-4,11H,5-10,12-14,22H2,1-2H3. The lowest BCUT2D eigenvalue weighted by molar-refractivity contribution is -0.132. The Kier molecular flexibility index (Phi) is 5.81. The van der Waals surface area contributed by atoms with E-state index in [0.717, 1.165) is 19.5 Å². The van der Waals surface area contributed by atoms with E-state index in [9.17, 15) is 14.0 Å². The van der Waals surface area contributed by atoms with Gasteiger partial charge in [0.15, 0.2) is 5.78 Å². The number of nitrogens with zero attached hydrogens (tertiary/aromatic N) is 3. The van der Waals surface area contributed by atoms with Gasteiger partial charge in [-0.3, -0.25) is 14.5 Å². The third-order valence-electron chi connectivity index (χ3n) is 5.82. The van der Waals surface area contributed by atoms with Gasteiger partial charge in [-0.05, 0) is 50.0 Å². The van der Waals surface area contributed by atoms with Crippen molar-refractivity contribution in [2.24, 2.45) is 11.1 Å². The third kappa shape index (κ3) is 4.47. The Morgan fingerprint density at radius 1 is 1.19 bits per heavy atom. The Morgan fingerprint density at radius 3 is 2.44 bits per heavy atom. The minimum Gasteiger partial charge on any atom is -0.366 e. The van der Waals surface area contributed by atoms with Crippen LogP contribution in [0.5, 0.6) is 0 Å². The van der Waals surface area contributed by atoms with Crippen molar-refractivity contribution in [3.05, 3.63) is 29.6 Å². The highest BCUT2D eigenvalue weighted by atomic mass is 19.1. The van der Waals surface area contributed by atoms with Gasteiger partial charge in [-0.15, -0.1) is 0 Å². The van der Waals surface area contributed by atoms with Gasteiger partial charge in [0.05, 0.1) is 12.2 Å². The fourth-order valence-corrected chi connectivity index (χ4v) is 3.90. The molecule has 0 spiro atoms. The van der Waals surface area contributed by atoms with Gasteiger partial charge in [-0.25, -0.2) is 4.39 Å². The van der Waals surface area contributed by atoms with Gasteiger partial charge >= 0.3 is 0 Å². The molecular formula is C20H29FN4O2. The Morgan fingerprint density at radius 2 is 1.89 bits per heavy atom. The topological polar surface area (TPSA) is 69.9 Å². The van der Waals surface area contributed by atoms with Gasteiger partial charge in [0.2, 0.25) is 5.91 Å². The quantitative estimate of drug-likeness (QED) is 0.786. The summed E-state index contributed by atoms with van der Waals surface area (Å²) < 4.78 is 14.3. The first-order chi connectivity index (χ1) is 12.8. The van der Waals surface area contributed by atoms with E-state index < -0.39 is 0 Å². The second-order valence-corrected chi connectivity index (χ2v) is 8.07. The molecule has 6 nitrogen and oxygen atoms in total. The smallest absolute Gasteiger partial charge is 0.236 e. The number of anilines is 1. The average molecular weight is 376 g/mol. The maximum atomic E-state index is 14.3. The van der Waals surface area contributed by atoms with Crippen molar-refractivity contribution < 1.29 is 14.0 Å². The average Bonchev–Trinajstić information content (AvgIpc) is 3.03. The molecule has 0 aromatic heterocycles. The van der Waals surface area contributed by atoms with E-state index in [4.69, 9.17) is 5.73 Å². The van der Waals surface area contributed by atoms with Crippen LogP contribution in [0.15, 0.2) is 18.2 Å². The van der Waals surface area contributed by atoms with E-state index in [1.54, 1.807) is 12.1 Å². The minimum atomic E-state index is -0.388. The number of ketones is 1. The molecule has 3 rings (SSSR count). The van der Waals surface area contributed by atoms with Crippen LogP contribution in [0.2, 0.25) is 0 Å². The van der Waals surface area contributed by atoms with Crippen molar-refractivity contribution in [2.75, 3.05) is 57.3 Å². The molecule has 1 atom stereocenters. The fourth-order valence-electron chi connectivity index (χ4n) is 3.90. The highest BCUT2D eigenvalue weighted by Gasteiger charge is 2.34. The molecule has 0 saturated carbocycles. The molecule has 0 aliphatic carbocycles. The van der Waals surface area contributed by atoms with Crippen molar-refractivity contribution in [2.45, 2.75) is 20.3 Å². The van der Waals surface area contributed by atoms with Crippen molar-refractivity contribution in [3.63, 3.8) is 0 Å². The minimum absolute atomic E-state index is 0.114. The Hall–Kier alpha value is -1.99. The van der Waals surface area contributed by atoms with E-state index in [1.807, 2.05) is 9.80 Å². The molecule has 1 unspecified atom stereocenters. The number of carbonyl (C=O) groups excluding carboxylic acids is 2. The first kappa shape index (κ1) is 19.8. The van der Waals surface area contributed by atoms with Gasteiger partial charge in [-0.1, -0.05) is 6.92 Å². The molecule has 2 aliphatic heterocycles. The summed E-state index contributed by atoms with van der Waals surface area (Å²) in [6.07, 6.45) is 1.03. The molecule has 2 saturated heterocycles. The van der Waals surface area contributed by atoms with Gasteiger partial charge in [0.1, 0.15) is 5.82 Å². The molecule has 1 aromatic carbocycles. The van der Waals surface area contributed by atoms with Crippen LogP contribution in [0.1, 0.15) is 30.6 Å². The zero-order chi connectivity index (χ0) is 19.6. The van der Waals surface area contributed by atoms with Crippen LogP contribution in [-0.4, -0.2) is 73.8 Å². The van der Waals surface area contributed by atoms with Crippen LogP contribution in [0, 0.1) is 11.2 Å². The molecule has 1 amide bonds. The molecule has 0 bridgehead atoms. The molecule has 1 aromatic rings. The van der Waals surface area contributed by atoms with Crippen molar-refractivity contribution >= 4 is 17.4 Å². The zero-order valence-electron chi connectivity index (χ0n) is 16.2. The molecule has 2 N–H and O–H groups in total. The number of nitrogens with two attached hydrogens (primary N) is 1. The summed E-state index contributed by atoms with van der Waals surface area (Å²) in [6.45, 7) is 8.77. The number of benzene rings is 1. The number of rotatable bonds is 5. The van der Waals surface area contributed by atoms with E-state index >= 15 is 0 Å². The number of halogens is 1. The highest BCUT2D eigenvalue weighted by Crippen LogP contribution is 2.28. The summed E-state index contributed by atoms with van der Waals surface area (Å²) in [5.41, 5.74) is 6.82. The number of likely N-dealkylation sites (tertiary alicyclic amines) is 1. The lowest BCUT2D eigenvalue weighted by Gasteiger charge is -2.37. The first-order valence-electron chi connectivity index (χ1n) is 9.57. The van der Waals surface area contributed by atoms with E-state index in [2.05, 4.69) is 11.8 Å². The summed E-state index contributed by atoms with van der Waals surface area (Å²) in [5, 5.41) is 0. The summed E-state index contributed by atoms with van der Waals surface area (Å²) in [7, 11) is 0. The summed E-state index contributed by atoms with van der Waals surface area (Å²) in [4.78, 5) is 30.0. The number of piperazine rings is 1. The fraction of sp³-hybridized carbons (Fsp3) is 0.600. The van der Waals surface area contributed by atoms with E-state index in [0.29, 0.717) is 50.5 Å². The van der Waals surface area contributed by atoms with Crippen molar-refractivity contribution in [1.82, 2.24) is 9.80 Å². The summed E-state index contributed by atoms with van der Waals surface area (Å²) in [5.74, 6) is -0.410. The van der Waals surface area contributed by atoms with Gasteiger partial charge in [0, 0.05) is 38.3 Å². The zero-order valence-corrected chi connectivity index (χ0v) is 16.2. The SMILES string of the molecule is CC(=O)c1ccc(N2CCN(C(=O)CN3CCC(C)(CN)C3)CC2)c(F)c1. The number of hydrogen-bond donors (Lipinski definition) is 1. The predicted molar refractivity (Wildman–Crippen MR) is 103 cm³/mol. The molecule has 2 heterocycles. The first-order valence-corrected chi connectivity index (χ1v) is 9.57. The molecule has 7 heteroatoms. The van der Waals surface area contributed by atoms with E-state index in [-0.39, 0.29) is 22.9 Å². The van der Waals surface area contributed by atoms with Gasteiger partial charge < -0.3 is 15.5 Å². The summed E-state index contributed by atoms with van der Waals surface area (Å²) in [6, 6.07) is 4.60. The number of amides is 1. The van der Waals surface area contributed by atoms with Crippen molar-refractivity contribution in [1.29, 1.82) is 0 Å². The predicted octanol–water partition coefficient (Wildman–Crippen LogP) is 1.35. The van der Waals surface area contributed by atoms with Crippen LogP contribution < -0.4 is 10.6 Å². The Labute approximate surface area is 160 Å². The second-order valence-electron chi connectivity index (χ2n) is 8.07. The Balaban J connectivity index is 1.53. The molecule has 27 heavy (non-hydrogen) atoms. The monoisotopic (exact) mass is 376 g/mol. The number of Topliss-reactive ketones (excluding diaryl/α,β-unsaturated/α-hetero) is 1. The van der Waals surface area contributed by atoms with Crippen LogP contribution in [0.25, 0.3) is 0 Å². The van der Waals surface area contributed by atoms with Gasteiger partial charge in [-0.2, -0.15) is 0 Å². The molecule has 2 fully saturated rings. The maximum Gasteiger partial charge on any atom is 0.236 e. The maximum absolute atomic E-state index is 14.3. The second kappa shape index (κ2) is 7.94. The van der Waals surface area contributed by atoms with Crippen molar-refractivity contribution in [3.8, 4) is 0 Å². The number of hydrogen-bond acceptors (Lipinski definition) is 5. The van der Waals surface area contributed by atoms with E-state index in [1.165, 1.54) is 13.0 Å². The lowest BCUT2D eigenvalue weighted by Crippen LogP contribution is -2.51. The lowest BCUT2D eigenvalue weighted by atomic mass is 9.90.